The van der Waals surface area contributed by atoms with Crippen molar-refractivity contribution in [3.05, 3.63) is 0 Å². The quantitative estimate of drug-likeness (QED) is 0.677. The zero-order valence-corrected chi connectivity index (χ0v) is 10.2. The van der Waals surface area contributed by atoms with E-state index < -0.39 is 0 Å². The Morgan fingerprint density at radius 3 is 2.07 bits per heavy atom. The van der Waals surface area contributed by atoms with Crippen LogP contribution in [0.5, 0.6) is 0 Å². The average molecular weight is 197 g/mol. The van der Waals surface area contributed by atoms with Crippen molar-refractivity contribution in [1.29, 1.82) is 0 Å². The zero-order chi connectivity index (χ0) is 10.4. The predicted molar refractivity (Wildman–Crippen MR) is 63.5 cm³/mol. The first kappa shape index (κ1) is 12.0. The molecule has 1 heterocycles. The molecule has 0 aromatic heterocycles. The molecule has 1 heteroatoms. The van der Waals surface area contributed by atoms with Crippen LogP contribution in [0.2, 0.25) is 0 Å². The van der Waals surface area contributed by atoms with E-state index >= 15 is 0 Å². The van der Waals surface area contributed by atoms with E-state index in [9.17, 15) is 0 Å². The molecule has 1 saturated heterocycles. The average Bonchev–Trinajstić information content (AvgIpc) is 2.75. The summed E-state index contributed by atoms with van der Waals surface area (Å²) in [6.07, 6.45) is 8.78. The Balaban J connectivity index is 0.000000461. The van der Waals surface area contributed by atoms with Crippen molar-refractivity contribution in [3.63, 3.8) is 0 Å². The first-order valence-electron chi connectivity index (χ1n) is 6.59. The third-order valence-electron chi connectivity index (χ3n) is 3.73. The first-order valence-corrected chi connectivity index (χ1v) is 6.59. The van der Waals surface area contributed by atoms with Gasteiger partial charge in [-0.05, 0) is 44.1 Å². The monoisotopic (exact) mass is 197 g/mol. The van der Waals surface area contributed by atoms with E-state index in [0.29, 0.717) is 0 Å². The Kier molecular flexibility index (Phi) is 5.54. The lowest BCUT2D eigenvalue weighted by atomic mass is 9.79. The third kappa shape index (κ3) is 3.27. The van der Waals surface area contributed by atoms with Crippen LogP contribution < -0.4 is 5.32 Å². The lowest BCUT2D eigenvalue weighted by Gasteiger charge is -2.30. The smallest absolute Gasteiger partial charge is 0.00958 e. The Hall–Kier alpha value is -0.0400. The van der Waals surface area contributed by atoms with Gasteiger partial charge in [-0.15, -0.1) is 0 Å². The van der Waals surface area contributed by atoms with Gasteiger partial charge in [0.15, 0.2) is 0 Å². The summed E-state index contributed by atoms with van der Waals surface area (Å²) in [7, 11) is 0. The molecule has 1 unspecified atom stereocenters. The van der Waals surface area contributed by atoms with Gasteiger partial charge in [-0.25, -0.2) is 0 Å². The van der Waals surface area contributed by atoms with Gasteiger partial charge >= 0.3 is 0 Å². The van der Waals surface area contributed by atoms with Crippen molar-refractivity contribution >= 4 is 0 Å². The summed E-state index contributed by atoms with van der Waals surface area (Å²) in [4.78, 5) is 0. The molecule has 1 atom stereocenters. The van der Waals surface area contributed by atoms with E-state index in [1.165, 1.54) is 45.1 Å². The first-order chi connectivity index (χ1) is 6.86. The van der Waals surface area contributed by atoms with Crippen molar-refractivity contribution in [1.82, 2.24) is 5.32 Å². The summed E-state index contributed by atoms with van der Waals surface area (Å²) in [5.74, 6) is 2.02. The Labute approximate surface area is 89.7 Å². The fourth-order valence-corrected chi connectivity index (χ4v) is 2.80. The number of nitrogens with one attached hydrogen (secondary N) is 1. The van der Waals surface area contributed by atoms with Gasteiger partial charge in [-0.2, -0.15) is 0 Å². The highest BCUT2D eigenvalue weighted by atomic mass is 14.9. The molecule has 0 amide bonds. The molecule has 0 aromatic rings. The van der Waals surface area contributed by atoms with Gasteiger partial charge in [0.05, 0.1) is 0 Å². The lowest BCUT2D eigenvalue weighted by molar-refractivity contribution is 0.242. The molecule has 1 saturated carbocycles. The van der Waals surface area contributed by atoms with E-state index in [1.807, 2.05) is 13.8 Å². The number of hydrogen-bond donors (Lipinski definition) is 1. The molecule has 2 rings (SSSR count). The summed E-state index contributed by atoms with van der Waals surface area (Å²) in [6.45, 7) is 7.68. The maximum Gasteiger partial charge on any atom is 0.00958 e. The SMILES string of the molecule is CC.CC1CCC(C2CCCN2)CC1. The van der Waals surface area contributed by atoms with Crippen LogP contribution in [0.25, 0.3) is 0 Å². The van der Waals surface area contributed by atoms with Gasteiger partial charge < -0.3 is 5.32 Å². The highest BCUT2D eigenvalue weighted by molar-refractivity contribution is 4.84. The molecule has 1 aliphatic carbocycles. The Bertz CT molecular complexity index is 130. The molecular weight excluding hydrogens is 170 g/mol. The molecule has 2 fully saturated rings. The molecule has 0 aromatic carbocycles. The molecule has 2 aliphatic rings. The van der Waals surface area contributed by atoms with E-state index in [4.69, 9.17) is 0 Å². The molecule has 0 spiro atoms. The normalized spacial score (nSPS) is 37.5. The minimum atomic E-state index is 0.887. The van der Waals surface area contributed by atoms with Crippen LogP contribution in [0.1, 0.15) is 59.3 Å². The maximum atomic E-state index is 3.64. The number of hydrogen-bond acceptors (Lipinski definition) is 1. The topological polar surface area (TPSA) is 12.0 Å². The molecule has 1 aliphatic heterocycles. The second-order valence-corrected chi connectivity index (χ2v) is 4.72. The van der Waals surface area contributed by atoms with Gasteiger partial charge in [-0.3, -0.25) is 0 Å². The van der Waals surface area contributed by atoms with E-state index in [-0.39, 0.29) is 0 Å². The van der Waals surface area contributed by atoms with Crippen molar-refractivity contribution in [2.75, 3.05) is 6.54 Å². The summed E-state index contributed by atoms with van der Waals surface area (Å²) >= 11 is 0. The summed E-state index contributed by atoms with van der Waals surface area (Å²) in [5, 5.41) is 3.64. The molecule has 1 nitrogen and oxygen atoms in total. The van der Waals surface area contributed by atoms with Crippen molar-refractivity contribution in [2.45, 2.75) is 65.3 Å². The fourth-order valence-electron chi connectivity index (χ4n) is 2.80. The van der Waals surface area contributed by atoms with Gasteiger partial charge in [-0.1, -0.05) is 33.6 Å². The third-order valence-corrected chi connectivity index (χ3v) is 3.73. The Morgan fingerprint density at radius 2 is 1.57 bits per heavy atom. The van der Waals surface area contributed by atoms with Crippen LogP contribution in [-0.2, 0) is 0 Å². The van der Waals surface area contributed by atoms with Crippen LogP contribution in [-0.4, -0.2) is 12.6 Å². The van der Waals surface area contributed by atoms with Gasteiger partial charge in [0.25, 0.3) is 0 Å². The van der Waals surface area contributed by atoms with E-state index in [2.05, 4.69) is 12.2 Å². The molecule has 84 valence electrons. The van der Waals surface area contributed by atoms with E-state index in [0.717, 1.165) is 17.9 Å². The fraction of sp³-hybridized carbons (Fsp3) is 1.00. The molecule has 14 heavy (non-hydrogen) atoms. The van der Waals surface area contributed by atoms with Crippen molar-refractivity contribution in [3.8, 4) is 0 Å². The summed E-state index contributed by atoms with van der Waals surface area (Å²) in [6, 6.07) is 0.887. The second kappa shape index (κ2) is 6.44. The minimum Gasteiger partial charge on any atom is -0.314 e. The van der Waals surface area contributed by atoms with Crippen LogP contribution in [0.3, 0.4) is 0 Å². The van der Waals surface area contributed by atoms with Crippen LogP contribution in [0, 0.1) is 11.8 Å². The molecule has 0 radical (unpaired) electrons. The summed E-state index contributed by atoms with van der Waals surface area (Å²) in [5.41, 5.74) is 0. The lowest BCUT2D eigenvalue weighted by Crippen LogP contribution is -2.32. The highest BCUT2D eigenvalue weighted by Gasteiger charge is 2.27. The highest BCUT2D eigenvalue weighted by Crippen LogP contribution is 2.32. The standard InChI is InChI=1S/C11H21N.C2H6/c1-9-4-6-10(7-5-9)11-3-2-8-12-11;1-2/h9-12H,2-8H2,1H3;1-2H3. The predicted octanol–water partition coefficient (Wildman–Crippen LogP) is 3.59. The molecule has 0 bridgehead atoms. The molecule has 1 N–H and O–H groups in total. The Morgan fingerprint density at radius 1 is 0.929 bits per heavy atom. The maximum absolute atomic E-state index is 3.64. The van der Waals surface area contributed by atoms with Gasteiger partial charge in [0, 0.05) is 6.04 Å². The van der Waals surface area contributed by atoms with Crippen LogP contribution in [0.15, 0.2) is 0 Å². The second-order valence-electron chi connectivity index (χ2n) is 4.72. The largest absolute Gasteiger partial charge is 0.314 e. The zero-order valence-electron chi connectivity index (χ0n) is 10.2. The van der Waals surface area contributed by atoms with Crippen LogP contribution >= 0.6 is 0 Å². The minimum absolute atomic E-state index is 0.887. The van der Waals surface area contributed by atoms with E-state index in [1.54, 1.807) is 0 Å². The summed E-state index contributed by atoms with van der Waals surface area (Å²) < 4.78 is 0. The van der Waals surface area contributed by atoms with Crippen molar-refractivity contribution in [2.24, 2.45) is 11.8 Å². The van der Waals surface area contributed by atoms with Gasteiger partial charge in [0.2, 0.25) is 0 Å². The van der Waals surface area contributed by atoms with Crippen molar-refractivity contribution < 1.29 is 0 Å². The van der Waals surface area contributed by atoms with Crippen LogP contribution in [0.4, 0.5) is 0 Å². The van der Waals surface area contributed by atoms with Gasteiger partial charge in [0.1, 0.15) is 0 Å². The molecular formula is C13H27N. The number of rotatable bonds is 1.